The summed E-state index contributed by atoms with van der Waals surface area (Å²) >= 11 is 0. The van der Waals surface area contributed by atoms with Crippen LogP contribution in [0.1, 0.15) is 48.5 Å². The number of aryl methyl sites for hydroxylation is 1. The van der Waals surface area contributed by atoms with E-state index in [1.807, 2.05) is 48.5 Å². The average Bonchev–Trinajstić information content (AvgIpc) is 2.77. The lowest BCUT2D eigenvalue weighted by molar-refractivity contribution is 0.102. The van der Waals surface area contributed by atoms with Gasteiger partial charge < -0.3 is 15.4 Å². The van der Waals surface area contributed by atoms with E-state index in [1.165, 1.54) is 24.8 Å². The molecule has 3 rings (SSSR count). The number of carbonyl (C=O) groups is 1. The van der Waals surface area contributed by atoms with E-state index in [4.69, 9.17) is 4.74 Å². The molecule has 0 aromatic heterocycles. The Morgan fingerprint density at radius 1 is 0.833 bits per heavy atom. The monoisotopic (exact) mass is 402 g/mol. The molecule has 2 N–H and O–H groups in total. The maximum atomic E-state index is 12.7. The van der Waals surface area contributed by atoms with Gasteiger partial charge in [0.2, 0.25) is 0 Å². The van der Waals surface area contributed by atoms with Crippen LogP contribution in [-0.4, -0.2) is 12.5 Å². The Morgan fingerprint density at radius 3 is 2.23 bits per heavy atom. The van der Waals surface area contributed by atoms with Gasteiger partial charge in [-0.2, -0.15) is 0 Å². The second kappa shape index (κ2) is 11.1. The number of anilines is 3. The smallest absolute Gasteiger partial charge is 0.255 e. The first kappa shape index (κ1) is 21.4. The number of benzene rings is 3. The zero-order valence-electron chi connectivity index (χ0n) is 17.8. The van der Waals surface area contributed by atoms with E-state index in [-0.39, 0.29) is 5.91 Å². The van der Waals surface area contributed by atoms with Crippen LogP contribution in [0.4, 0.5) is 17.1 Å². The van der Waals surface area contributed by atoms with Gasteiger partial charge in [-0.15, -0.1) is 0 Å². The topological polar surface area (TPSA) is 50.4 Å². The highest BCUT2D eigenvalue weighted by Gasteiger charge is 2.09. The van der Waals surface area contributed by atoms with Gasteiger partial charge in [0.05, 0.1) is 18.0 Å². The Bertz CT molecular complexity index is 934. The van der Waals surface area contributed by atoms with Crippen molar-refractivity contribution in [2.24, 2.45) is 0 Å². The molecule has 1 amide bonds. The molecule has 0 aliphatic carbocycles. The van der Waals surface area contributed by atoms with Gasteiger partial charge in [-0.05, 0) is 61.9 Å². The lowest BCUT2D eigenvalue weighted by atomic mass is 10.1. The lowest BCUT2D eigenvalue weighted by Crippen LogP contribution is -2.13. The maximum absolute atomic E-state index is 12.7. The number of amides is 1. The van der Waals surface area contributed by atoms with Crippen LogP contribution >= 0.6 is 0 Å². The summed E-state index contributed by atoms with van der Waals surface area (Å²) in [5, 5.41) is 6.37. The van der Waals surface area contributed by atoms with Crippen molar-refractivity contribution >= 4 is 23.0 Å². The first-order valence-electron chi connectivity index (χ1n) is 10.6. The van der Waals surface area contributed by atoms with Crippen LogP contribution in [0.5, 0.6) is 5.75 Å². The minimum atomic E-state index is -0.150. The normalized spacial score (nSPS) is 10.5. The van der Waals surface area contributed by atoms with Crippen molar-refractivity contribution in [3.63, 3.8) is 0 Å². The van der Waals surface area contributed by atoms with Gasteiger partial charge in [0.25, 0.3) is 5.91 Å². The molecule has 4 heteroatoms. The molecule has 156 valence electrons. The number of hydrogen-bond acceptors (Lipinski definition) is 3. The summed E-state index contributed by atoms with van der Waals surface area (Å²) in [7, 11) is 0. The predicted molar refractivity (Wildman–Crippen MR) is 125 cm³/mol. The minimum absolute atomic E-state index is 0.150. The molecule has 0 aliphatic heterocycles. The van der Waals surface area contributed by atoms with Gasteiger partial charge >= 0.3 is 0 Å². The fourth-order valence-corrected chi connectivity index (χ4v) is 3.11. The van der Waals surface area contributed by atoms with Gasteiger partial charge in [-0.3, -0.25) is 4.79 Å². The molecule has 0 atom stereocenters. The summed E-state index contributed by atoms with van der Waals surface area (Å²) in [6, 6.07) is 23.1. The summed E-state index contributed by atoms with van der Waals surface area (Å²) in [5.41, 5.74) is 4.36. The molecule has 0 unspecified atom stereocenters. The second-order valence-electron chi connectivity index (χ2n) is 7.42. The van der Waals surface area contributed by atoms with Crippen molar-refractivity contribution < 1.29 is 9.53 Å². The van der Waals surface area contributed by atoms with Crippen molar-refractivity contribution in [1.82, 2.24) is 0 Å². The van der Waals surface area contributed by atoms with E-state index in [1.54, 1.807) is 12.1 Å². The Kier molecular flexibility index (Phi) is 7.90. The highest BCUT2D eigenvalue weighted by atomic mass is 16.5. The third-order valence-corrected chi connectivity index (χ3v) is 4.89. The van der Waals surface area contributed by atoms with Crippen molar-refractivity contribution in [2.45, 2.75) is 39.5 Å². The molecular formula is C26H30N2O2. The molecule has 0 fully saturated rings. The van der Waals surface area contributed by atoms with Gasteiger partial charge in [0.1, 0.15) is 5.75 Å². The molecule has 3 aromatic rings. The van der Waals surface area contributed by atoms with Crippen molar-refractivity contribution in [2.75, 3.05) is 17.2 Å². The molecule has 4 nitrogen and oxygen atoms in total. The van der Waals surface area contributed by atoms with Gasteiger partial charge in [-0.25, -0.2) is 0 Å². The van der Waals surface area contributed by atoms with E-state index in [0.29, 0.717) is 12.2 Å². The fraction of sp³-hybridized carbons (Fsp3) is 0.269. The Labute approximate surface area is 179 Å². The predicted octanol–water partition coefficient (Wildman–Crippen LogP) is 6.95. The van der Waals surface area contributed by atoms with Crippen LogP contribution in [0.15, 0.2) is 72.8 Å². The summed E-state index contributed by atoms with van der Waals surface area (Å²) in [6.07, 6.45) is 4.70. The summed E-state index contributed by atoms with van der Waals surface area (Å²) in [6.45, 7) is 4.96. The molecule has 0 aliphatic rings. The summed E-state index contributed by atoms with van der Waals surface area (Å²) < 4.78 is 5.76. The van der Waals surface area contributed by atoms with Gasteiger partial charge in [0, 0.05) is 11.3 Å². The maximum Gasteiger partial charge on any atom is 0.255 e. The van der Waals surface area contributed by atoms with Crippen molar-refractivity contribution in [1.29, 1.82) is 0 Å². The molecular weight excluding hydrogens is 372 g/mol. The molecule has 0 heterocycles. The molecule has 30 heavy (non-hydrogen) atoms. The highest BCUT2D eigenvalue weighted by molar-refractivity contribution is 6.06. The number of nitrogens with one attached hydrogen (secondary N) is 2. The lowest BCUT2D eigenvalue weighted by Gasteiger charge is -2.13. The van der Waals surface area contributed by atoms with E-state index in [0.717, 1.165) is 29.2 Å². The number of para-hydroxylation sites is 2. The minimum Gasteiger partial charge on any atom is -0.494 e. The summed E-state index contributed by atoms with van der Waals surface area (Å²) in [4.78, 5) is 12.7. The standard InChI is InChI=1S/C26H30N2O2/c1-3-4-5-8-19-30-23-17-13-21(14-18-23)26(29)28-25-10-7-6-9-24(25)27-22-15-11-20(2)12-16-22/h6-7,9-18,27H,3-5,8,19H2,1-2H3,(H,28,29). The SMILES string of the molecule is CCCCCCOc1ccc(C(=O)Nc2ccccc2Nc2ccc(C)cc2)cc1. The molecule has 0 saturated heterocycles. The first-order valence-corrected chi connectivity index (χ1v) is 10.6. The average molecular weight is 403 g/mol. The molecule has 3 aromatic carbocycles. The number of ether oxygens (including phenoxy) is 1. The van der Waals surface area contributed by atoms with Gasteiger partial charge in [-0.1, -0.05) is 56.0 Å². The van der Waals surface area contributed by atoms with E-state index < -0.39 is 0 Å². The Hall–Kier alpha value is -3.27. The number of rotatable bonds is 10. The third kappa shape index (κ3) is 6.38. The number of carbonyl (C=O) groups excluding carboxylic acids is 1. The number of hydrogen-bond donors (Lipinski definition) is 2. The Morgan fingerprint density at radius 2 is 1.53 bits per heavy atom. The quantitative estimate of drug-likeness (QED) is 0.361. The van der Waals surface area contributed by atoms with Crippen LogP contribution in [0.3, 0.4) is 0 Å². The molecule has 0 radical (unpaired) electrons. The molecule has 0 spiro atoms. The van der Waals surface area contributed by atoms with Crippen LogP contribution < -0.4 is 15.4 Å². The van der Waals surface area contributed by atoms with Gasteiger partial charge in [0.15, 0.2) is 0 Å². The third-order valence-electron chi connectivity index (χ3n) is 4.89. The zero-order valence-corrected chi connectivity index (χ0v) is 17.8. The summed E-state index contributed by atoms with van der Waals surface area (Å²) in [5.74, 6) is 0.645. The molecule has 0 bridgehead atoms. The fourth-order valence-electron chi connectivity index (χ4n) is 3.11. The zero-order chi connectivity index (χ0) is 21.2. The first-order chi connectivity index (χ1) is 14.7. The van der Waals surface area contributed by atoms with Crippen LogP contribution in [0.25, 0.3) is 0 Å². The van der Waals surface area contributed by atoms with Crippen LogP contribution in [0.2, 0.25) is 0 Å². The highest BCUT2D eigenvalue weighted by Crippen LogP contribution is 2.26. The number of unbranched alkanes of at least 4 members (excludes halogenated alkanes) is 3. The second-order valence-corrected chi connectivity index (χ2v) is 7.42. The van der Waals surface area contributed by atoms with E-state index in [2.05, 4.69) is 36.6 Å². The van der Waals surface area contributed by atoms with Crippen molar-refractivity contribution in [3.8, 4) is 5.75 Å². The Balaban J connectivity index is 1.60. The van der Waals surface area contributed by atoms with Crippen LogP contribution in [0, 0.1) is 6.92 Å². The van der Waals surface area contributed by atoms with Crippen LogP contribution in [-0.2, 0) is 0 Å². The largest absolute Gasteiger partial charge is 0.494 e. The van der Waals surface area contributed by atoms with E-state index in [9.17, 15) is 4.79 Å². The molecule has 0 saturated carbocycles. The van der Waals surface area contributed by atoms with E-state index >= 15 is 0 Å². The van der Waals surface area contributed by atoms with Crippen molar-refractivity contribution in [3.05, 3.63) is 83.9 Å².